The number of Topliss-reactive ketones (excluding diaryl/α,β-unsaturated/α-hetero) is 1. The van der Waals surface area contributed by atoms with Gasteiger partial charge in [-0.25, -0.2) is 4.98 Å². The fraction of sp³-hybridized carbons (Fsp3) is 0.686. The largest absolute Gasteiger partial charge is 0.379 e. The van der Waals surface area contributed by atoms with E-state index in [9.17, 15) is 14.4 Å². The van der Waals surface area contributed by atoms with Gasteiger partial charge < -0.3 is 20.3 Å². The number of amides is 2. The molecule has 2 aromatic rings. The van der Waals surface area contributed by atoms with Crippen molar-refractivity contribution in [2.45, 2.75) is 110 Å². The second kappa shape index (κ2) is 17.0. The van der Waals surface area contributed by atoms with Crippen LogP contribution in [0.15, 0.2) is 36.7 Å². The molecule has 1 fully saturated rings. The molecule has 1 aromatic heterocycles. The van der Waals surface area contributed by atoms with E-state index in [0.29, 0.717) is 25.2 Å². The van der Waals surface area contributed by atoms with Crippen molar-refractivity contribution in [2.24, 2.45) is 29.4 Å². The van der Waals surface area contributed by atoms with Gasteiger partial charge in [-0.1, -0.05) is 78.3 Å². The quantitative estimate of drug-likeness (QED) is 0.262. The van der Waals surface area contributed by atoms with Crippen LogP contribution in [0.4, 0.5) is 0 Å². The number of nitrogens with one attached hydrogen (secondary N) is 1. The summed E-state index contributed by atoms with van der Waals surface area (Å²) in [6.45, 7) is 12.8. The summed E-state index contributed by atoms with van der Waals surface area (Å²) in [5.74, 6) is 0.476. The van der Waals surface area contributed by atoms with E-state index in [1.54, 1.807) is 19.1 Å². The third-order valence-corrected chi connectivity index (χ3v) is 10.2. The number of hydrogen-bond acceptors (Lipinski definition) is 7. The number of nitrogens with zero attached hydrogens (tertiary/aromatic N) is 4. The number of rotatable bonds is 17. The van der Waals surface area contributed by atoms with Gasteiger partial charge in [0.15, 0.2) is 0 Å². The minimum Gasteiger partial charge on any atom is -0.379 e. The number of aromatic nitrogens is 3. The summed E-state index contributed by atoms with van der Waals surface area (Å²) in [6, 6.07) is 9.16. The van der Waals surface area contributed by atoms with Crippen LogP contribution in [0.3, 0.4) is 0 Å². The molecule has 10 nitrogen and oxygen atoms in total. The van der Waals surface area contributed by atoms with Crippen molar-refractivity contribution in [1.82, 2.24) is 25.0 Å². The van der Waals surface area contributed by atoms with E-state index >= 15 is 0 Å². The molecule has 0 bridgehead atoms. The first kappa shape index (κ1) is 36.4. The molecule has 1 aliphatic heterocycles. The molecule has 1 aromatic carbocycles. The molecular weight excluding hydrogens is 568 g/mol. The minimum absolute atomic E-state index is 0.000992. The van der Waals surface area contributed by atoms with E-state index in [1.165, 1.54) is 6.33 Å². The van der Waals surface area contributed by atoms with E-state index in [1.807, 2.05) is 43.9 Å². The van der Waals surface area contributed by atoms with Gasteiger partial charge in [0.2, 0.25) is 11.8 Å². The van der Waals surface area contributed by atoms with E-state index in [2.05, 4.69) is 48.1 Å². The highest BCUT2D eigenvalue weighted by Crippen LogP contribution is 2.33. The predicted octanol–water partition coefficient (Wildman–Crippen LogP) is 4.61. The summed E-state index contributed by atoms with van der Waals surface area (Å²) in [6.07, 6.45) is 4.78. The van der Waals surface area contributed by atoms with Crippen molar-refractivity contribution in [3.8, 4) is 0 Å². The van der Waals surface area contributed by atoms with E-state index in [0.717, 1.165) is 24.8 Å². The smallest absolute Gasteiger partial charge is 0.239 e. The van der Waals surface area contributed by atoms with Crippen molar-refractivity contribution in [3.05, 3.63) is 48.0 Å². The summed E-state index contributed by atoms with van der Waals surface area (Å²) < 4.78 is 5.94. The van der Waals surface area contributed by atoms with Crippen LogP contribution in [0.1, 0.15) is 91.0 Å². The standard InChI is InChI=1S/C35H56N6O4/c1-9-23(4)33(40(7)35(44)32(36)22(2)3)30(45-8)20-31(43)41-17-13-16-28(41)24(5)25(6)29(42)19-27(34-37-21-38-39-34)18-26-14-11-10-12-15-26/h10-12,14-15,21-25,27-28,30,32-33H,9,13,16-20,36H2,1-8H3,(H,37,38,39)/t23-,24+,25+,27+,28-,30+,32-,33-/m0/s1. The number of benzene rings is 1. The van der Waals surface area contributed by atoms with Gasteiger partial charge in [0.1, 0.15) is 17.9 Å². The predicted molar refractivity (Wildman–Crippen MR) is 176 cm³/mol. The Labute approximate surface area is 269 Å². The fourth-order valence-electron chi connectivity index (χ4n) is 6.82. The maximum absolute atomic E-state index is 13.9. The second-order valence-electron chi connectivity index (χ2n) is 13.4. The Hall–Kier alpha value is -3.11. The molecule has 0 unspecified atom stereocenters. The molecule has 0 aliphatic carbocycles. The zero-order valence-corrected chi connectivity index (χ0v) is 28.6. The highest BCUT2D eigenvalue weighted by atomic mass is 16.5. The number of ether oxygens (including phenoxy) is 1. The van der Waals surface area contributed by atoms with Crippen LogP contribution in [0.5, 0.6) is 0 Å². The van der Waals surface area contributed by atoms with Gasteiger partial charge >= 0.3 is 0 Å². The Kier molecular flexibility index (Phi) is 13.7. The molecule has 2 heterocycles. The maximum atomic E-state index is 13.9. The lowest BCUT2D eigenvalue weighted by Crippen LogP contribution is -2.56. The van der Waals surface area contributed by atoms with E-state index < -0.39 is 12.1 Å². The van der Waals surface area contributed by atoms with Gasteiger partial charge in [-0.3, -0.25) is 19.5 Å². The molecule has 3 N–H and O–H groups in total. The van der Waals surface area contributed by atoms with Crippen LogP contribution in [0, 0.1) is 23.7 Å². The van der Waals surface area contributed by atoms with Crippen molar-refractivity contribution in [1.29, 1.82) is 0 Å². The molecule has 0 spiro atoms. The number of methoxy groups -OCH3 is 1. The van der Waals surface area contributed by atoms with Gasteiger partial charge in [0.25, 0.3) is 0 Å². The summed E-state index contributed by atoms with van der Waals surface area (Å²) in [5, 5.41) is 7.00. The van der Waals surface area contributed by atoms with Gasteiger partial charge in [0, 0.05) is 45.0 Å². The molecule has 2 amide bonds. The van der Waals surface area contributed by atoms with Gasteiger partial charge in [-0.05, 0) is 42.6 Å². The van der Waals surface area contributed by atoms with E-state index in [4.69, 9.17) is 10.5 Å². The lowest BCUT2D eigenvalue weighted by atomic mass is 9.81. The molecule has 45 heavy (non-hydrogen) atoms. The van der Waals surface area contributed by atoms with Crippen molar-refractivity contribution < 1.29 is 19.1 Å². The lowest BCUT2D eigenvalue weighted by molar-refractivity contribution is -0.144. The molecule has 250 valence electrons. The van der Waals surface area contributed by atoms with Crippen LogP contribution in [0.2, 0.25) is 0 Å². The molecular formula is C35H56N6O4. The van der Waals surface area contributed by atoms with Crippen LogP contribution in [-0.4, -0.2) is 87.5 Å². The average molecular weight is 625 g/mol. The van der Waals surface area contributed by atoms with Crippen molar-refractivity contribution in [2.75, 3.05) is 20.7 Å². The summed E-state index contributed by atoms with van der Waals surface area (Å²) in [7, 11) is 3.38. The topological polar surface area (TPSA) is 135 Å². The molecule has 0 radical (unpaired) electrons. The maximum Gasteiger partial charge on any atom is 0.239 e. The van der Waals surface area contributed by atoms with Gasteiger partial charge in [0.05, 0.1) is 24.6 Å². The van der Waals surface area contributed by atoms with Crippen molar-refractivity contribution >= 4 is 17.6 Å². The highest BCUT2D eigenvalue weighted by Gasteiger charge is 2.41. The molecule has 1 aliphatic rings. The summed E-state index contributed by atoms with van der Waals surface area (Å²) >= 11 is 0. The second-order valence-corrected chi connectivity index (χ2v) is 13.4. The summed E-state index contributed by atoms with van der Waals surface area (Å²) in [5.41, 5.74) is 7.38. The first-order valence-electron chi connectivity index (χ1n) is 16.7. The highest BCUT2D eigenvalue weighted by molar-refractivity contribution is 5.83. The van der Waals surface area contributed by atoms with Crippen LogP contribution in [0.25, 0.3) is 0 Å². The van der Waals surface area contributed by atoms with Crippen LogP contribution in [-0.2, 0) is 25.5 Å². The average Bonchev–Trinajstić information content (AvgIpc) is 3.76. The zero-order valence-electron chi connectivity index (χ0n) is 28.6. The van der Waals surface area contributed by atoms with Crippen molar-refractivity contribution in [3.63, 3.8) is 0 Å². The molecule has 10 heteroatoms. The number of carbonyl (C=O) groups excluding carboxylic acids is 3. The SMILES string of the molecule is CC[C@H](C)[C@@H]([C@@H](CC(=O)N1CCC[C@H]1[C@H](C)[C@@H](C)C(=O)C[C@@H](Cc1ccccc1)c1ncn[nH]1)OC)N(C)C(=O)[C@@H](N)C(C)C. The Morgan fingerprint density at radius 2 is 1.80 bits per heavy atom. The van der Waals surface area contributed by atoms with Gasteiger partial charge in [-0.15, -0.1) is 0 Å². The third-order valence-electron chi connectivity index (χ3n) is 10.2. The Morgan fingerprint density at radius 3 is 2.38 bits per heavy atom. The number of H-pyrrole nitrogens is 1. The number of ketones is 1. The van der Waals surface area contributed by atoms with Crippen LogP contribution >= 0.6 is 0 Å². The molecule has 1 saturated heterocycles. The number of carbonyl (C=O) groups is 3. The minimum atomic E-state index is -0.617. The van der Waals surface area contributed by atoms with E-state index in [-0.39, 0.29) is 65.7 Å². The zero-order chi connectivity index (χ0) is 33.3. The Morgan fingerprint density at radius 1 is 1.11 bits per heavy atom. The first-order chi connectivity index (χ1) is 21.4. The fourth-order valence-corrected chi connectivity index (χ4v) is 6.82. The Bertz CT molecular complexity index is 1210. The lowest BCUT2D eigenvalue weighted by Gasteiger charge is -2.40. The third kappa shape index (κ3) is 9.22. The number of hydrogen-bond donors (Lipinski definition) is 2. The molecule has 8 atom stereocenters. The summed E-state index contributed by atoms with van der Waals surface area (Å²) in [4.78, 5) is 48.9. The molecule has 0 saturated carbocycles. The molecule has 3 rings (SSSR count). The number of nitrogens with two attached hydrogens (primary N) is 1. The monoisotopic (exact) mass is 624 g/mol. The van der Waals surface area contributed by atoms with Crippen LogP contribution < -0.4 is 5.73 Å². The number of likely N-dealkylation sites (N-methyl/N-ethyl adjacent to an activating group) is 1. The Balaban J connectivity index is 1.72. The number of aromatic amines is 1. The number of likely N-dealkylation sites (tertiary alicyclic amines) is 1. The normalized spacial score (nSPS) is 19.9. The first-order valence-corrected chi connectivity index (χ1v) is 16.7. The van der Waals surface area contributed by atoms with Gasteiger partial charge in [-0.2, -0.15) is 5.10 Å².